The molecule has 106 valence electrons. The number of nitrogens with one attached hydrogen (secondary N) is 1. The number of hydrogen-bond acceptors (Lipinski definition) is 2. The first-order valence-electron chi connectivity index (χ1n) is 6.56. The largest absolute Gasteiger partial charge is 0.494 e. The van der Waals surface area contributed by atoms with Gasteiger partial charge in [-0.3, -0.25) is 4.79 Å². The fraction of sp³-hybridized carbons (Fsp3) is 0.533. The summed E-state index contributed by atoms with van der Waals surface area (Å²) in [5.41, 5.74) is -0.343. The van der Waals surface area contributed by atoms with E-state index in [1.54, 1.807) is 12.1 Å². The first-order chi connectivity index (χ1) is 8.89. The van der Waals surface area contributed by atoms with Gasteiger partial charge in [0, 0.05) is 12.0 Å². The molecule has 1 N–H and O–H groups in total. The van der Waals surface area contributed by atoms with Crippen LogP contribution in [0.3, 0.4) is 0 Å². The lowest BCUT2D eigenvalue weighted by atomic mass is 9.96. The maximum absolute atomic E-state index is 12.7. The van der Waals surface area contributed by atoms with Crippen LogP contribution in [-0.2, 0) is 4.79 Å². The van der Waals surface area contributed by atoms with Gasteiger partial charge in [0.15, 0.2) is 0 Å². The van der Waals surface area contributed by atoms with Gasteiger partial charge in [-0.2, -0.15) is 0 Å². The molecule has 0 saturated heterocycles. The molecule has 3 nitrogen and oxygen atoms in total. The molecule has 0 heterocycles. The molecule has 4 heteroatoms. The Labute approximate surface area is 114 Å². The zero-order chi connectivity index (χ0) is 14.3. The Hall–Kier alpha value is -1.58. The molecule has 1 aromatic rings. The summed E-state index contributed by atoms with van der Waals surface area (Å²) in [5, 5.41) is 2.88. The first kappa shape index (κ1) is 15.5. The summed E-state index contributed by atoms with van der Waals surface area (Å²) < 4.78 is 18.1. The normalized spacial score (nSPS) is 11.2. The quantitative estimate of drug-likeness (QED) is 0.804. The molecule has 0 fully saturated rings. The van der Waals surface area contributed by atoms with Gasteiger partial charge in [0.25, 0.3) is 0 Å². The van der Waals surface area contributed by atoms with Crippen LogP contribution in [0.2, 0.25) is 0 Å². The van der Waals surface area contributed by atoms with Crippen molar-refractivity contribution in [3.8, 4) is 5.75 Å². The van der Waals surface area contributed by atoms with Crippen LogP contribution in [0.4, 0.5) is 4.39 Å². The van der Waals surface area contributed by atoms with E-state index in [0.29, 0.717) is 18.9 Å². The average molecular weight is 267 g/mol. The summed E-state index contributed by atoms with van der Waals surface area (Å²) in [6.07, 6.45) is 1.71. The number of ether oxygens (including phenoxy) is 1. The summed E-state index contributed by atoms with van der Waals surface area (Å²) in [5.74, 6) is 0.462. The van der Waals surface area contributed by atoms with E-state index in [1.807, 2.05) is 20.8 Å². The van der Waals surface area contributed by atoms with Gasteiger partial charge < -0.3 is 10.1 Å². The van der Waals surface area contributed by atoms with Crippen molar-refractivity contribution >= 4 is 5.91 Å². The zero-order valence-electron chi connectivity index (χ0n) is 11.8. The van der Waals surface area contributed by atoms with Crippen LogP contribution >= 0.6 is 0 Å². The molecule has 0 spiro atoms. The van der Waals surface area contributed by atoms with E-state index in [9.17, 15) is 9.18 Å². The molecule has 19 heavy (non-hydrogen) atoms. The van der Waals surface area contributed by atoms with E-state index in [1.165, 1.54) is 12.1 Å². The second kappa shape index (κ2) is 7.12. The lowest BCUT2D eigenvalue weighted by Crippen LogP contribution is -2.35. The summed E-state index contributed by atoms with van der Waals surface area (Å²) in [7, 11) is 0. The van der Waals surface area contributed by atoms with Crippen LogP contribution in [0.25, 0.3) is 0 Å². The molecule has 0 radical (unpaired) electrons. The van der Waals surface area contributed by atoms with Gasteiger partial charge in [-0.05, 0) is 37.1 Å². The number of unbranched alkanes of at least 4 members (excludes halogenated alkanes) is 1. The standard InChI is InChI=1S/C15H22FNO2/c1-15(2,3)14(18)17-10-4-5-11-19-13-8-6-12(16)7-9-13/h6-9H,4-5,10-11H2,1-3H3,(H,17,18). The number of amides is 1. The van der Waals surface area contributed by atoms with E-state index >= 15 is 0 Å². The smallest absolute Gasteiger partial charge is 0.225 e. The van der Waals surface area contributed by atoms with Crippen molar-refractivity contribution in [1.29, 1.82) is 0 Å². The van der Waals surface area contributed by atoms with E-state index in [2.05, 4.69) is 5.32 Å². The Morgan fingerprint density at radius 3 is 2.42 bits per heavy atom. The fourth-order valence-corrected chi connectivity index (χ4v) is 1.41. The summed E-state index contributed by atoms with van der Waals surface area (Å²) in [4.78, 5) is 11.6. The van der Waals surface area contributed by atoms with E-state index in [-0.39, 0.29) is 17.1 Å². The molecule has 0 aliphatic carbocycles. The number of carbonyl (C=O) groups excluding carboxylic acids is 1. The van der Waals surface area contributed by atoms with Gasteiger partial charge in [0.2, 0.25) is 5.91 Å². The van der Waals surface area contributed by atoms with Crippen molar-refractivity contribution in [2.24, 2.45) is 5.41 Å². The number of carbonyl (C=O) groups is 1. The Kier molecular flexibility index (Phi) is 5.80. The predicted molar refractivity (Wildman–Crippen MR) is 73.6 cm³/mol. The molecule has 0 bridgehead atoms. The molecule has 1 aromatic carbocycles. The number of benzene rings is 1. The lowest BCUT2D eigenvalue weighted by Gasteiger charge is -2.17. The Bertz CT molecular complexity index is 396. The third-order valence-corrected chi connectivity index (χ3v) is 2.62. The third kappa shape index (κ3) is 6.22. The lowest BCUT2D eigenvalue weighted by molar-refractivity contribution is -0.128. The predicted octanol–water partition coefficient (Wildman–Crippen LogP) is 3.15. The zero-order valence-corrected chi connectivity index (χ0v) is 11.8. The highest BCUT2D eigenvalue weighted by Crippen LogP contribution is 2.13. The summed E-state index contributed by atoms with van der Waals surface area (Å²) in [6.45, 7) is 6.89. The van der Waals surface area contributed by atoms with Crippen molar-refractivity contribution in [2.45, 2.75) is 33.6 Å². The maximum Gasteiger partial charge on any atom is 0.225 e. The molecule has 1 amide bonds. The van der Waals surface area contributed by atoms with Crippen LogP contribution in [-0.4, -0.2) is 19.1 Å². The Morgan fingerprint density at radius 2 is 1.84 bits per heavy atom. The molecule has 1 rings (SSSR count). The summed E-state index contributed by atoms with van der Waals surface area (Å²) in [6, 6.07) is 5.96. The highest BCUT2D eigenvalue weighted by atomic mass is 19.1. The molecule has 0 saturated carbocycles. The molecular formula is C15H22FNO2. The van der Waals surface area contributed by atoms with E-state index in [0.717, 1.165) is 12.8 Å². The Balaban J connectivity index is 2.09. The average Bonchev–Trinajstić information content (AvgIpc) is 2.34. The van der Waals surface area contributed by atoms with Crippen LogP contribution < -0.4 is 10.1 Å². The summed E-state index contributed by atoms with van der Waals surface area (Å²) >= 11 is 0. The van der Waals surface area contributed by atoms with Crippen LogP contribution in [0, 0.1) is 11.2 Å². The highest BCUT2D eigenvalue weighted by molar-refractivity contribution is 5.81. The monoisotopic (exact) mass is 267 g/mol. The second-order valence-corrected chi connectivity index (χ2v) is 5.52. The first-order valence-corrected chi connectivity index (χ1v) is 6.56. The minimum atomic E-state index is -0.343. The van der Waals surface area contributed by atoms with Crippen LogP contribution in [0.1, 0.15) is 33.6 Å². The molecule has 0 atom stereocenters. The highest BCUT2D eigenvalue weighted by Gasteiger charge is 2.19. The van der Waals surface area contributed by atoms with Gasteiger partial charge in [-0.1, -0.05) is 20.8 Å². The van der Waals surface area contributed by atoms with Crippen molar-refractivity contribution in [3.63, 3.8) is 0 Å². The van der Waals surface area contributed by atoms with Crippen molar-refractivity contribution in [3.05, 3.63) is 30.1 Å². The molecule has 0 aliphatic rings. The van der Waals surface area contributed by atoms with Gasteiger partial charge >= 0.3 is 0 Å². The second-order valence-electron chi connectivity index (χ2n) is 5.52. The molecule has 0 aliphatic heterocycles. The minimum Gasteiger partial charge on any atom is -0.494 e. The van der Waals surface area contributed by atoms with Gasteiger partial charge in [0.1, 0.15) is 11.6 Å². The molecular weight excluding hydrogens is 245 g/mol. The Morgan fingerprint density at radius 1 is 1.21 bits per heavy atom. The van der Waals surface area contributed by atoms with E-state index in [4.69, 9.17) is 4.74 Å². The van der Waals surface area contributed by atoms with Crippen molar-refractivity contribution in [2.75, 3.05) is 13.2 Å². The maximum atomic E-state index is 12.7. The van der Waals surface area contributed by atoms with Crippen molar-refractivity contribution in [1.82, 2.24) is 5.32 Å². The molecule has 0 aromatic heterocycles. The van der Waals surface area contributed by atoms with Crippen molar-refractivity contribution < 1.29 is 13.9 Å². The van der Waals surface area contributed by atoms with E-state index < -0.39 is 0 Å². The van der Waals surface area contributed by atoms with Gasteiger partial charge in [-0.25, -0.2) is 4.39 Å². The van der Waals surface area contributed by atoms with Gasteiger partial charge in [0.05, 0.1) is 6.61 Å². The SMILES string of the molecule is CC(C)(C)C(=O)NCCCCOc1ccc(F)cc1. The van der Waals surface area contributed by atoms with Gasteiger partial charge in [-0.15, -0.1) is 0 Å². The van der Waals surface area contributed by atoms with Crippen LogP contribution in [0.15, 0.2) is 24.3 Å². The third-order valence-electron chi connectivity index (χ3n) is 2.62. The fourth-order valence-electron chi connectivity index (χ4n) is 1.41. The topological polar surface area (TPSA) is 38.3 Å². The van der Waals surface area contributed by atoms with Crippen LogP contribution in [0.5, 0.6) is 5.75 Å². The number of hydrogen-bond donors (Lipinski definition) is 1. The number of halogens is 1. The minimum absolute atomic E-state index is 0.0620. The molecule has 0 unspecified atom stereocenters. The number of rotatable bonds is 6.